The van der Waals surface area contributed by atoms with E-state index in [0.29, 0.717) is 0 Å². The average Bonchev–Trinajstić information content (AvgIpc) is 3.21. The molecule has 3 heterocycles. The number of carbonyl (C=O) groups is 4. The highest BCUT2D eigenvalue weighted by Crippen LogP contribution is 2.30. The van der Waals surface area contributed by atoms with Crippen LogP contribution in [-0.4, -0.2) is 78.0 Å². The summed E-state index contributed by atoms with van der Waals surface area (Å²) in [6, 6.07) is -1.30. The van der Waals surface area contributed by atoms with Crippen LogP contribution in [0.5, 0.6) is 0 Å². The first-order valence-electron chi connectivity index (χ1n) is 8.27. The second-order valence-electron chi connectivity index (χ2n) is 6.46. The molecule has 2 atom stereocenters. The SMILES string of the molecule is CCOC(=O)C1CC2(CN1CC(=O)N1CCCC1)NC(=O)NC2=O. The highest BCUT2D eigenvalue weighted by Gasteiger charge is 2.56. The van der Waals surface area contributed by atoms with Gasteiger partial charge in [0.2, 0.25) is 5.91 Å². The van der Waals surface area contributed by atoms with Crippen LogP contribution < -0.4 is 10.6 Å². The van der Waals surface area contributed by atoms with E-state index < -0.39 is 29.5 Å². The molecule has 1 spiro atoms. The zero-order valence-electron chi connectivity index (χ0n) is 13.7. The standard InChI is InChI=1S/C15H22N4O5/c1-2-24-12(21)10-7-15(13(22)16-14(23)17-15)9-19(10)8-11(20)18-5-3-4-6-18/h10H,2-9H2,1H3,(H2,16,17,22,23). The minimum absolute atomic E-state index is 0.0361. The van der Waals surface area contributed by atoms with Crippen molar-refractivity contribution in [1.82, 2.24) is 20.4 Å². The average molecular weight is 338 g/mol. The smallest absolute Gasteiger partial charge is 0.323 e. The molecule has 3 aliphatic heterocycles. The van der Waals surface area contributed by atoms with Crippen molar-refractivity contribution >= 4 is 23.8 Å². The fraction of sp³-hybridized carbons (Fsp3) is 0.733. The molecule has 9 nitrogen and oxygen atoms in total. The Morgan fingerprint density at radius 1 is 1.29 bits per heavy atom. The van der Waals surface area contributed by atoms with Crippen molar-refractivity contribution in [3.8, 4) is 0 Å². The van der Waals surface area contributed by atoms with Crippen LogP contribution in [-0.2, 0) is 19.1 Å². The van der Waals surface area contributed by atoms with Crippen molar-refractivity contribution in [2.75, 3.05) is 32.8 Å². The Morgan fingerprint density at radius 2 is 2.00 bits per heavy atom. The highest BCUT2D eigenvalue weighted by molar-refractivity contribution is 6.08. The Kier molecular flexibility index (Phi) is 4.44. The Labute approximate surface area is 139 Å². The number of urea groups is 1. The molecule has 0 aromatic carbocycles. The quantitative estimate of drug-likeness (QED) is 0.494. The van der Waals surface area contributed by atoms with E-state index in [2.05, 4.69) is 10.6 Å². The first kappa shape index (κ1) is 16.7. The second-order valence-corrected chi connectivity index (χ2v) is 6.46. The highest BCUT2D eigenvalue weighted by atomic mass is 16.5. The molecule has 3 fully saturated rings. The largest absolute Gasteiger partial charge is 0.465 e. The van der Waals surface area contributed by atoms with Crippen molar-refractivity contribution in [2.24, 2.45) is 0 Å². The Bertz CT molecular complexity index is 574. The first-order valence-corrected chi connectivity index (χ1v) is 8.27. The number of nitrogens with one attached hydrogen (secondary N) is 2. The van der Waals surface area contributed by atoms with Gasteiger partial charge in [-0.05, 0) is 19.8 Å². The summed E-state index contributed by atoms with van der Waals surface area (Å²) < 4.78 is 5.08. The van der Waals surface area contributed by atoms with Crippen LogP contribution in [0.2, 0.25) is 0 Å². The molecule has 9 heteroatoms. The summed E-state index contributed by atoms with van der Waals surface area (Å²) in [6.45, 7) is 3.52. The van der Waals surface area contributed by atoms with Crippen molar-refractivity contribution in [3.63, 3.8) is 0 Å². The van der Waals surface area contributed by atoms with Gasteiger partial charge in [0, 0.05) is 26.1 Å². The molecule has 3 rings (SSSR count). The third-order valence-corrected chi connectivity index (χ3v) is 4.83. The van der Waals surface area contributed by atoms with Gasteiger partial charge < -0.3 is 15.0 Å². The van der Waals surface area contributed by atoms with E-state index in [1.54, 1.807) is 16.7 Å². The van der Waals surface area contributed by atoms with Gasteiger partial charge in [0.1, 0.15) is 11.6 Å². The van der Waals surface area contributed by atoms with Crippen LogP contribution in [0, 0.1) is 0 Å². The molecular weight excluding hydrogens is 316 g/mol. The molecule has 3 saturated heterocycles. The molecule has 0 radical (unpaired) electrons. The van der Waals surface area contributed by atoms with Crippen molar-refractivity contribution in [3.05, 3.63) is 0 Å². The summed E-state index contributed by atoms with van der Waals surface area (Å²) in [4.78, 5) is 51.7. The van der Waals surface area contributed by atoms with Gasteiger partial charge in [-0.1, -0.05) is 0 Å². The van der Waals surface area contributed by atoms with Gasteiger partial charge in [-0.3, -0.25) is 24.6 Å². The number of hydrogen-bond donors (Lipinski definition) is 2. The Hall–Kier alpha value is -2.16. The zero-order chi connectivity index (χ0) is 17.3. The van der Waals surface area contributed by atoms with Crippen LogP contribution in [0.1, 0.15) is 26.2 Å². The number of nitrogens with zero attached hydrogens (tertiary/aromatic N) is 2. The molecule has 4 amide bonds. The van der Waals surface area contributed by atoms with Crippen LogP contribution in [0.25, 0.3) is 0 Å². The molecular formula is C15H22N4O5. The van der Waals surface area contributed by atoms with Gasteiger partial charge in [0.25, 0.3) is 5.91 Å². The van der Waals surface area contributed by atoms with Crippen molar-refractivity contribution in [2.45, 2.75) is 37.8 Å². The van der Waals surface area contributed by atoms with E-state index in [0.717, 1.165) is 25.9 Å². The number of rotatable bonds is 4. The van der Waals surface area contributed by atoms with Gasteiger partial charge in [-0.25, -0.2) is 4.79 Å². The molecule has 0 bridgehead atoms. The lowest BCUT2D eigenvalue weighted by molar-refractivity contribution is -0.149. The van der Waals surface area contributed by atoms with E-state index in [1.165, 1.54) is 0 Å². The van der Waals surface area contributed by atoms with E-state index in [1.807, 2.05) is 0 Å². The fourth-order valence-electron chi connectivity index (χ4n) is 3.64. The molecule has 0 aliphatic carbocycles. The number of likely N-dealkylation sites (tertiary alicyclic amines) is 2. The van der Waals surface area contributed by atoms with Gasteiger partial charge >= 0.3 is 12.0 Å². The number of carbonyl (C=O) groups excluding carboxylic acids is 4. The molecule has 24 heavy (non-hydrogen) atoms. The topological polar surface area (TPSA) is 108 Å². The maximum Gasteiger partial charge on any atom is 0.323 e. The first-order chi connectivity index (χ1) is 11.4. The summed E-state index contributed by atoms with van der Waals surface area (Å²) in [5.74, 6) is -1.00. The van der Waals surface area contributed by atoms with Gasteiger partial charge in [-0.15, -0.1) is 0 Å². The minimum atomic E-state index is -1.17. The lowest BCUT2D eigenvalue weighted by Gasteiger charge is -2.25. The van der Waals surface area contributed by atoms with Gasteiger partial charge in [0.05, 0.1) is 13.2 Å². The minimum Gasteiger partial charge on any atom is -0.465 e. The number of esters is 1. The maximum absolute atomic E-state index is 12.4. The van der Waals surface area contributed by atoms with Crippen LogP contribution in [0.15, 0.2) is 0 Å². The summed E-state index contributed by atoms with van der Waals surface area (Å²) >= 11 is 0. The Balaban J connectivity index is 1.76. The molecule has 2 unspecified atom stereocenters. The monoisotopic (exact) mass is 338 g/mol. The predicted molar refractivity (Wildman–Crippen MR) is 81.8 cm³/mol. The summed E-state index contributed by atoms with van der Waals surface area (Å²) in [5, 5.41) is 4.81. The number of hydrogen-bond acceptors (Lipinski definition) is 6. The predicted octanol–water partition coefficient (Wildman–Crippen LogP) is -1.18. The molecule has 132 valence electrons. The summed E-state index contributed by atoms with van der Waals surface area (Å²) in [5.41, 5.74) is -1.17. The number of ether oxygens (including phenoxy) is 1. The van der Waals surface area contributed by atoms with Crippen LogP contribution in [0.4, 0.5) is 4.79 Å². The second kappa shape index (κ2) is 6.39. The van der Waals surface area contributed by atoms with Gasteiger partial charge in [0.15, 0.2) is 0 Å². The zero-order valence-corrected chi connectivity index (χ0v) is 13.7. The van der Waals surface area contributed by atoms with Crippen molar-refractivity contribution in [1.29, 1.82) is 0 Å². The molecule has 3 aliphatic rings. The van der Waals surface area contributed by atoms with Crippen LogP contribution in [0.3, 0.4) is 0 Å². The normalized spacial score (nSPS) is 29.9. The van der Waals surface area contributed by atoms with Crippen LogP contribution >= 0.6 is 0 Å². The molecule has 0 saturated carbocycles. The fourth-order valence-corrected chi connectivity index (χ4v) is 3.64. The summed E-state index contributed by atoms with van der Waals surface area (Å²) in [6.07, 6.45) is 2.07. The van der Waals surface area contributed by atoms with Crippen molar-refractivity contribution < 1.29 is 23.9 Å². The van der Waals surface area contributed by atoms with E-state index in [9.17, 15) is 19.2 Å². The molecule has 0 aromatic heterocycles. The van der Waals surface area contributed by atoms with E-state index in [4.69, 9.17) is 4.74 Å². The lowest BCUT2D eigenvalue weighted by atomic mass is 9.96. The third kappa shape index (κ3) is 2.95. The molecule has 2 N–H and O–H groups in total. The summed E-state index contributed by atoms with van der Waals surface area (Å²) in [7, 11) is 0. The molecule has 0 aromatic rings. The number of amides is 4. The number of imide groups is 1. The third-order valence-electron chi connectivity index (χ3n) is 4.83. The Morgan fingerprint density at radius 3 is 2.58 bits per heavy atom. The van der Waals surface area contributed by atoms with E-state index >= 15 is 0 Å². The maximum atomic E-state index is 12.4. The van der Waals surface area contributed by atoms with E-state index in [-0.39, 0.29) is 32.0 Å². The lowest BCUT2D eigenvalue weighted by Crippen LogP contribution is -2.50. The van der Waals surface area contributed by atoms with Gasteiger partial charge in [-0.2, -0.15) is 0 Å².